The monoisotopic (exact) mass is 554 g/mol. The number of halogens is 1. The van der Waals surface area contributed by atoms with Crippen LogP contribution in [-0.2, 0) is 37.3 Å². The average molecular weight is 554 g/mol. The fraction of sp³-hybridized carbons (Fsp3) is 0.538. The van der Waals surface area contributed by atoms with Gasteiger partial charge in [-0.2, -0.15) is 8.62 Å². The SMILES string of the molecule is CO[C@](CF)(COP(=O)(O)OP(=O)(O)OP(=O)(O)O)[C@@H](O)[C@@](C)(O)n1ccc2c(N)ncnc21. The van der Waals surface area contributed by atoms with Gasteiger partial charge in [0.1, 0.15) is 30.6 Å². The van der Waals surface area contributed by atoms with E-state index in [0.717, 1.165) is 24.9 Å². The zero-order chi connectivity index (χ0) is 26.2. The number of aromatic nitrogens is 3. The number of ether oxygens (including phenoxy) is 1. The molecule has 0 spiro atoms. The number of phosphoric ester groups is 1. The van der Waals surface area contributed by atoms with E-state index in [1.54, 1.807) is 0 Å². The first kappa shape index (κ1) is 28.9. The van der Waals surface area contributed by atoms with E-state index in [9.17, 15) is 38.1 Å². The molecule has 2 rings (SSSR count). The molecule has 0 aliphatic carbocycles. The summed E-state index contributed by atoms with van der Waals surface area (Å²) in [6.45, 7) is -2.01. The third kappa shape index (κ3) is 6.44. The summed E-state index contributed by atoms with van der Waals surface area (Å²) < 4.78 is 65.6. The molecule has 0 aliphatic heterocycles. The van der Waals surface area contributed by atoms with E-state index in [4.69, 9.17) is 20.3 Å². The molecule has 21 heteroatoms. The Balaban J connectivity index is 2.32. The van der Waals surface area contributed by atoms with Crippen molar-refractivity contribution in [3.05, 3.63) is 18.6 Å². The average Bonchev–Trinajstić information content (AvgIpc) is 3.12. The van der Waals surface area contributed by atoms with Gasteiger partial charge in [0.25, 0.3) is 0 Å². The number of nitrogen functional groups attached to an aromatic ring is 1. The summed E-state index contributed by atoms with van der Waals surface area (Å²) >= 11 is 0. The van der Waals surface area contributed by atoms with Crippen LogP contribution in [0.3, 0.4) is 0 Å². The van der Waals surface area contributed by atoms with Gasteiger partial charge < -0.3 is 44.8 Å². The molecule has 2 unspecified atom stereocenters. The Kier molecular flexibility index (Phi) is 8.45. The number of aliphatic hydroxyl groups is 2. The first-order valence-electron chi connectivity index (χ1n) is 8.77. The maximum absolute atomic E-state index is 14.1. The van der Waals surface area contributed by atoms with E-state index in [1.165, 1.54) is 12.3 Å². The lowest BCUT2D eigenvalue weighted by Crippen LogP contribution is -2.60. The highest BCUT2D eigenvalue weighted by molar-refractivity contribution is 7.66. The molecule has 0 bridgehead atoms. The van der Waals surface area contributed by atoms with Gasteiger partial charge in [-0.25, -0.2) is 28.1 Å². The predicted molar refractivity (Wildman–Crippen MR) is 109 cm³/mol. The second kappa shape index (κ2) is 9.95. The standard InChI is InChI=1S/C13H22FN4O13P3/c1-12(20,18-4-3-8-9(15)16-7-17-10(8)18)11(19)13(5-14,28-2)6-29-33(24,25)31-34(26,27)30-32(21,22)23/h3-4,7,11,19-20H,5-6H2,1-2H3,(H,24,25)(H,26,27)(H2,15,16,17)(H2,21,22,23)/t11-,12+,13+/m0/s1. The minimum absolute atomic E-state index is 0.0216. The Morgan fingerprint density at radius 1 is 1.18 bits per heavy atom. The van der Waals surface area contributed by atoms with Gasteiger partial charge in [-0.05, 0) is 13.0 Å². The number of nitrogens with zero attached hydrogens (tertiary/aromatic N) is 3. The maximum atomic E-state index is 14.1. The van der Waals surface area contributed by atoms with E-state index in [0.29, 0.717) is 0 Å². The number of hydrogen-bond donors (Lipinski definition) is 7. The molecule has 0 radical (unpaired) electrons. The van der Waals surface area contributed by atoms with E-state index in [2.05, 4.69) is 23.1 Å². The Morgan fingerprint density at radius 2 is 1.79 bits per heavy atom. The first-order valence-corrected chi connectivity index (χ1v) is 13.3. The van der Waals surface area contributed by atoms with E-state index in [-0.39, 0.29) is 16.9 Å². The second-order valence-electron chi connectivity index (χ2n) is 6.95. The number of aliphatic hydroxyl groups excluding tert-OH is 1. The van der Waals surface area contributed by atoms with Gasteiger partial charge >= 0.3 is 23.5 Å². The second-order valence-corrected chi connectivity index (χ2v) is 11.4. The zero-order valence-electron chi connectivity index (χ0n) is 17.4. The van der Waals surface area contributed by atoms with Gasteiger partial charge in [-0.1, -0.05) is 0 Å². The van der Waals surface area contributed by atoms with Crippen LogP contribution >= 0.6 is 23.5 Å². The fourth-order valence-corrected chi connectivity index (χ4v) is 5.95. The summed E-state index contributed by atoms with van der Waals surface area (Å²) in [5.74, 6) is 0.0326. The van der Waals surface area contributed by atoms with Crippen LogP contribution in [-0.4, -0.2) is 76.4 Å². The van der Waals surface area contributed by atoms with Gasteiger partial charge in [0.15, 0.2) is 11.3 Å². The smallest absolute Gasteiger partial charge is 0.385 e. The number of hydrogen-bond acceptors (Lipinski definition) is 12. The van der Waals surface area contributed by atoms with Crippen molar-refractivity contribution in [1.29, 1.82) is 0 Å². The largest absolute Gasteiger partial charge is 0.490 e. The van der Waals surface area contributed by atoms with Gasteiger partial charge in [0.2, 0.25) is 0 Å². The van der Waals surface area contributed by atoms with Gasteiger partial charge in [0.05, 0.1) is 12.0 Å². The van der Waals surface area contributed by atoms with Crippen molar-refractivity contribution in [2.45, 2.75) is 24.4 Å². The summed E-state index contributed by atoms with van der Waals surface area (Å²) in [6, 6.07) is 1.39. The van der Waals surface area contributed by atoms with Crippen LogP contribution in [0, 0.1) is 0 Å². The zero-order valence-corrected chi connectivity index (χ0v) is 20.1. The van der Waals surface area contributed by atoms with Crippen LogP contribution in [0.4, 0.5) is 10.2 Å². The molecule has 0 aliphatic rings. The Labute approximate surface area is 190 Å². The Morgan fingerprint density at radius 3 is 2.32 bits per heavy atom. The number of fused-ring (bicyclic) bond motifs is 1. The molecule has 34 heavy (non-hydrogen) atoms. The van der Waals surface area contributed by atoms with Crippen LogP contribution in [0.15, 0.2) is 18.6 Å². The van der Waals surface area contributed by atoms with Gasteiger partial charge in [0, 0.05) is 13.3 Å². The lowest BCUT2D eigenvalue weighted by atomic mass is 9.90. The topological polar surface area (TPSA) is 266 Å². The highest BCUT2D eigenvalue weighted by atomic mass is 31.3. The molecule has 5 atom stereocenters. The minimum Gasteiger partial charge on any atom is -0.385 e. The summed E-state index contributed by atoms with van der Waals surface area (Å²) in [5.41, 5.74) is 0.725. The van der Waals surface area contributed by atoms with Crippen molar-refractivity contribution in [2.24, 2.45) is 0 Å². The molecule has 0 fully saturated rings. The first-order chi connectivity index (χ1) is 15.4. The summed E-state index contributed by atoms with van der Waals surface area (Å²) in [4.78, 5) is 43.6. The number of nitrogens with two attached hydrogens (primary N) is 1. The highest BCUT2D eigenvalue weighted by Crippen LogP contribution is 2.66. The van der Waals surface area contributed by atoms with Crippen LogP contribution in [0.5, 0.6) is 0 Å². The number of methoxy groups -OCH3 is 1. The molecule has 0 saturated heterocycles. The predicted octanol–water partition coefficient (Wildman–Crippen LogP) is -0.263. The molecule has 2 aromatic rings. The number of anilines is 1. The van der Waals surface area contributed by atoms with E-state index < -0.39 is 54.2 Å². The summed E-state index contributed by atoms with van der Waals surface area (Å²) in [6.07, 6.45) is 0.0269. The van der Waals surface area contributed by atoms with Crippen molar-refractivity contribution in [2.75, 3.05) is 26.1 Å². The molecule has 2 aromatic heterocycles. The van der Waals surface area contributed by atoms with Crippen molar-refractivity contribution < 1.29 is 65.8 Å². The van der Waals surface area contributed by atoms with Crippen LogP contribution in [0.2, 0.25) is 0 Å². The Bertz CT molecular complexity index is 1170. The van der Waals surface area contributed by atoms with E-state index in [1.807, 2.05) is 0 Å². The summed E-state index contributed by atoms with van der Waals surface area (Å²) in [7, 11) is -16.3. The van der Waals surface area contributed by atoms with Gasteiger partial charge in [-0.15, -0.1) is 0 Å². The van der Waals surface area contributed by atoms with Gasteiger partial charge in [-0.3, -0.25) is 4.52 Å². The Hall–Kier alpha value is -1.36. The van der Waals surface area contributed by atoms with Crippen LogP contribution in [0.25, 0.3) is 11.0 Å². The molecule has 8 N–H and O–H groups in total. The molecular weight excluding hydrogens is 532 g/mol. The summed E-state index contributed by atoms with van der Waals surface area (Å²) in [5, 5.41) is 22.1. The lowest BCUT2D eigenvalue weighted by Gasteiger charge is -2.42. The third-order valence-corrected chi connectivity index (χ3v) is 8.32. The normalized spacial score (nSPS) is 20.7. The molecule has 0 saturated carbocycles. The maximum Gasteiger partial charge on any atom is 0.490 e. The van der Waals surface area contributed by atoms with Crippen molar-refractivity contribution in [3.8, 4) is 0 Å². The lowest BCUT2D eigenvalue weighted by molar-refractivity contribution is -0.224. The van der Waals surface area contributed by atoms with E-state index >= 15 is 0 Å². The number of phosphoric acid groups is 3. The highest BCUT2D eigenvalue weighted by Gasteiger charge is 2.52. The molecule has 17 nitrogen and oxygen atoms in total. The third-order valence-electron chi connectivity index (χ3n) is 4.54. The number of alkyl halides is 1. The molecule has 2 heterocycles. The van der Waals surface area contributed by atoms with Crippen molar-refractivity contribution in [3.63, 3.8) is 0 Å². The van der Waals surface area contributed by atoms with Crippen molar-refractivity contribution in [1.82, 2.24) is 14.5 Å². The van der Waals surface area contributed by atoms with Crippen LogP contribution < -0.4 is 5.73 Å². The van der Waals surface area contributed by atoms with Crippen LogP contribution in [0.1, 0.15) is 6.92 Å². The van der Waals surface area contributed by atoms with Crippen molar-refractivity contribution >= 4 is 40.3 Å². The molecule has 0 aromatic carbocycles. The quantitative estimate of drug-likeness (QED) is 0.167. The molecule has 0 amide bonds. The number of rotatable bonds is 12. The molecule has 194 valence electrons. The minimum atomic E-state index is -5.84. The molecular formula is C13H22FN4O13P3. The fourth-order valence-electron chi connectivity index (χ4n) is 2.88.